The van der Waals surface area contributed by atoms with Crippen molar-refractivity contribution in [2.45, 2.75) is 6.92 Å². The Hall–Kier alpha value is -9.70. The molecule has 16 rings (SSSR count). The third-order valence-electron chi connectivity index (χ3n) is 17.4. The zero-order valence-corrected chi connectivity index (χ0v) is 43.3. The molecule has 0 saturated heterocycles. The number of aryl methyl sites for hydroxylation is 1. The molecule has 3 nitrogen and oxygen atoms in total. The average Bonchev–Trinajstić information content (AvgIpc) is 4.36. The van der Waals surface area contributed by atoms with E-state index >= 15 is 0 Å². The fourth-order valence-corrected chi connectivity index (χ4v) is 14.4. The van der Waals surface area contributed by atoms with Gasteiger partial charge in [-0.25, -0.2) is 0 Å². The van der Waals surface area contributed by atoms with E-state index in [-0.39, 0.29) is 0 Å². The number of rotatable bonds is 8. The van der Waals surface area contributed by atoms with E-state index in [9.17, 15) is 0 Å². The number of fused-ring (bicyclic) bond motifs is 10. The van der Waals surface area contributed by atoms with Crippen molar-refractivity contribution in [1.29, 1.82) is 0 Å². The van der Waals surface area contributed by atoms with Gasteiger partial charge in [-0.05, 0) is 133 Å². The average molecular weight is 982 g/mol. The Bertz CT molecular complexity index is 4900. The molecule has 0 atom stereocenters. The third-order valence-corrected chi connectivity index (χ3v) is 17.4. The van der Waals surface area contributed by atoms with Crippen molar-refractivity contribution < 1.29 is 0 Å². The topological polar surface area (TPSA) is 36.1 Å². The standard InChI is InChI=1S/C74H51N3/c1-41-33-34-47(46-26-15-14-25-45(41)46)48-36-39-58-64-51(48)28-17-31-55(64)68-70(58)74(77-4)71-59-40-37-50(53-29-18-32-56(65(53)59)69(71)73(68)76-3)49-35-38-57-63-52(49)27-16-30-54(63)66-60(42-19-8-5-9-20-42)61(43-21-10-6-11-22-43)72(75-2)62(67(57)66)44-23-12-7-13-24-44/h5-40,75-77H,1-4H3. The minimum atomic E-state index is 1.13. The summed E-state index contributed by atoms with van der Waals surface area (Å²) in [6.45, 7) is 2.21. The first kappa shape index (κ1) is 43.7. The summed E-state index contributed by atoms with van der Waals surface area (Å²) >= 11 is 0. The van der Waals surface area contributed by atoms with Crippen LogP contribution < -0.4 is 16.0 Å². The van der Waals surface area contributed by atoms with Crippen LogP contribution in [0.2, 0.25) is 0 Å². The van der Waals surface area contributed by atoms with Gasteiger partial charge in [-0.1, -0.05) is 218 Å². The lowest BCUT2D eigenvalue weighted by Crippen LogP contribution is -2.02. The number of hydrogen-bond donors (Lipinski definition) is 3. The molecule has 0 heterocycles. The molecule has 0 unspecified atom stereocenters. The largest absolute Gasteiger partial charge is 0.387 e. The van der Waals surface area contributed by atoms with Crippen LogP contribution in [-0.2, 0) is 0 Å². The van der Waals surface area contributed by atoms with Crippen LogP contribution in [0.1, 0.15) is 5.56 Å². The van der Waals surface area contributed by atoms with E-state index in [0.717, 1.165) is 5.69 Å². The predicted octanol–water partition coefficient (Wildman–Crippen LogP) is 20.2. The normalized spacial score (nSPS) is 12.2. The Morgan fingerprint density at radius 1 is 0.208 bits per heavy atom. The molecule has 362 valence electrons. The van der Waals surface area contributed by atoms with Gasteiger partial charge in [0.2, 0.25) is 0 Å². The number of anilines is 3. The molecule has 1 aliphatic carbocycles. The van der Waals surface area contributed by atoms with Crippen LogP contribution in [0.25, 0.3) is 164 Å². The van der Waals surface area contributed by atoms with E-state index in [0.29, 0.717) is 0 Å². The summed E-state index contributed by atoms with van der Waals surface area (Å²) in [4.78, 5) is 0. The van der Waals surface area contributed by atoms with Gasteiger partial charge in [-0.15, -0.1) is 0 Å². The lowest BCUT2D eigenvalue weighted by atomic mass is 9.80. The zero-order chi connectivity index (χ0) is 51.2. The van der Waals surface area contributed by atoms with Crippen LogP contribution in [0.4, 0.5) is 17.1 Å². The lowest BCUT2D eigenvalue weighted by Gasteiger charge is -2.25. The van der Waals surface area contributed by atoms with Gasteiger partial charge in [0.25, 0.3) is 0 Å². The molecular weight excluding hydrogens is 931 g/mol. The third kappa shape index (κ3) is 5.81. The highest BCUT2D eigenvalue weighted by molar-refractivity contribution is 6.47. The van der Waals surface area contributed by atoms with Gasteiger partial charge in [-0.3, -0.25) is 0 Å². The van der Waals surface area contributed by atoms with Crippen molar-refractivity contribution in [2.75, 3.05) is 37.1 Å². The van der Waals surface area contributed by atoms with Crippen molar-refractivity contribution in [1.82, 2.24) is 0 Å². The van der Waals surface area contributed by atoms with Crippen LogP contribution in [0.3, 0.4) is 0 Å². The van der Waals surface area contributed by atoms with E-state index in [1.807, 2.05) is 0 Å². The summed E-state index contributed by atoms with van der Waals surface area (Å²) in [6, 6.07) is 81.7. The highest BCUT2D eigenvalue weighted by Crippen LogP contribution is 2.62. The van der Waals surface area contributed by atoms with Gasteiger partial charge < -0.3 is 16.0 Å². The molecule has 0 amide bonds. The first-order valence-corrected chi connectivity index (χ1v) is 26.9. The molecule has 1 aliphatic rings. The first-order valence-electron chi connectivity index (χ1n) is 26.9. The van der Waals surface area contributed by atoms with Gasteiger partial charge in [0.1, 0.15) is 0 Å². The Kier molecular flexibility index (Phi) is 9.30. The summed E-state index contributed by atoms with van der Waals surface area (Å²) in [6.07, 6.45) is 0. The summed E-state index contributed by atoms with van der Waals surface area (Å²) in [5, 5.41) is 31.9. The number of hydrogen-bond acceptors (Lipinski definition) is 3. The van der Waals surface area contributed by atoms with Crippen LogP contribution in [0.5, 0.6) is 0 Å². The van der Waals surface area contributed by atoms with Gasteiger partial charge in [0, 0.05) is 64.9 Å². The fraction of sp³-hybridized carbons (Fsp3) is 0.0541. The quantitative estimate of drug-likeness (QED) is 0.133. The SMILES string of the molecule is CNc1c(-c2ccccc2)c(-c2ccccc2)c2c(c1-c1ccccc1)-c1ccc(-c3ccc4c5c(NC)c6c7ccc(-c8ccc(C)c9ccccc89)c8cccc(c6c(NC)c5c5cccc3c54)c87)c3cccc-2c13. The smallest absolute Gasteiger partial charge is 0.0511 e. The summed E-state index contributed by atoms with van der Waals surface area (Å²) in [5.41, 5.74) is 22.1. The van der Waals surface area contributed by atoms with Crippen molar-refractivity contribution in [3.8, 4) is 77.9 Å². The molecule has 77 heavy (non-hydrogen) atoms. The van der Waals surface area contributed by atoms with Crippen molar-refractivity contribution in [3.05, 3.63) is 224 Å². The van der Waals surface area contributed by atoms with Gasteiger partial charge in [-0.2, -0.15) is 0 Å². The van der Waals surface area contributed by atoms with Crippen LogP contribution in [0, 0.1) is 6.92 Å². The molecule has 3 heteroatoms. The highest BCUT2D eigenvalue weighted by Gasteiger charge is 2.34. The highest BCUT2D eigenvalue weighted by atomic mass is 14.9. The molecular formula is C74H51N3. The van der Waals surface area contributed by atoms with E-state index in [2.05, 4.69) is 262 Å². The molecule has 15 aromatic rings. The Morgan fingerprint density at radius 3 is 1.06 bits per heavy atom. The minimum absolute atomic E-state index is 1.13. The van der Waals surface area contributed by atoms with Gasteiger partial charge in [0.15, 0.2) is 0 Å². The fourth-order valence-electron chi connectivity index (χ4n) is 14.4. The molecule has 0 fully saturated rings. The van der Waals surface area contributed by atoms with E-state index in [1.165, 1.54) is 181 Å². The second kappa shape index (κ2) is 16.4. The van der Waals surface area contributed by atoms with Crippen molar-refractivity contribution in [3.63, 3.8) is 0 Å². The summed E-state index contributed by atoms with van der Waals surface area (Å²) < 4.78 is 0. The van der Waals surface area contributed by atoms with Gasteiger partial charge >= 0.3 is 0 Å². The van der Waals surface area contributed by atoms with Crippen LogP contribution in [0.15, 0.2) is 218 Å². The van der Waals surface area contributed by atoms with Gasteiger partial charge in [0.05, 0.1) is 17.1 Å². The number of benzene rings is 13. The Labute approximate surface area is 446 Å². The molecule has 0 aliphatic heterocycles. The Morgan fingerprint density at radius 2 is 0.545 bits per heavy atom. The van der Waals surface area contributed by atoms with Crippen LogP contribution in [-0.4, -0.2) is 21.1 Å². The van der Waals surface area contributed by atoms with E-state index < -0.39 is 0 Å². The maximum atomic E-state index is 3.83. The molecule has 0 saturated carbocycles. The number of nitrogens with one attached hydrogen (secondary N) is 3. The van der Waals surface area contributed by atoms with E-state index in [4.69, 9.17) is 0 Å². The molecule has 0 bridgehead atoms. The maximum Gasteiger partial charge on any atom is 0.0511 e. The molecule has 0 aromatic heterocycles. The zero-order valence-electron chi connectivity index (χ0n) is 43.3. The second-order valence-electron chi connectivity index (χ2n) is 21.0. The minimum Gasteiger partial charge on any atom is -0.387 e. The molecule has 0 radical (unpaired) electrons. The second-order valence-corrected chi connectivity index (χ2v) is 21.0. The predicted molar refractivity (Wildman–Crippen MR) is 334 cm³/mol. The monoisotopic (exact) mass is 981 g/mol. The van der Waals surface area contributed by atoms with Crippen LogP contribution >= 0.6 is 0 Å². The summed E-state index contributed by atoms with van der Waals surface area (Å²) in [7, 11) is 6.30. The maximum absolute atomic E-state index is 3.83. The van der Waals surface area contributed by atoms with E-state index in [1.54, 1.807) is 0 Å². The van der Waals surface area contributed by atoms with Crippen molar-refractivity contribution >= 4 is 103 Å². The molecule has 15 aromatic carbocycles. The molecule has 3 N–H and O–H groups in total. The Balaban J connectivity index is 0.958. The van der Waals surface area contributed by atoms with Crippen molar-refractivity contribution in [2.24, 2.45) is 0 Å². The molecule has 0 spiro atoms. The lowest BCUT2D eigenvalue weighted by molar-refractivity contribution is 1.48. The first-order chi connectivity index (χ1) is 38.1. The summed E-state index contributed by atoms with van der Waals surface area (Å²) in [5.74, 6) is 0.